The lowest BCUT2D eigenvalue weighted by Crippen LogP contribution is -2.45. The van der Waals surface area contributed by atoms with Crippen molar-refractivity contribution in [3.63, 3.8) is 0 Å². The van der Waals surface area contributed by atoms with Gasteiger partial charge in [-0.15, -0.1) is 11.3 Å². The van der Waals surface area contributed by atoms with Gasteiger partial charge in [0.05, 0.1) is 6.04 Å². The van der Waals surface area contributed by atoms with E-state index in [0.29, 0.717) is 0 Å². The number of amides is 2. The van der Waals surface area contributed by atoms with Gasteiger partial charge in [0.15, 0.2) is 0 Å². The van der Waals surface area contributed by atoms with E-state index < -0.39 is 31.1 Å². The van der Waals surface area contributed by atoms with Gasteiger partial charge in [-0.05, 0) is 26.0 Å². The van der Waals surface area contributed by atoms with Crippen LogP contribution in [0.15, 0.2) is 12.1 Å². The zero-order valence-corrected chi connectivity index (χ0v) is 11.9. The van der Waals surface area contributed by atoms with E-state index >= 15 is 0 Å². The van der Waals surface area contributed by atoms with Gasteiger partial charge in [0.2, 0.25) is 0 Å². The molecule has 8 heteroatoms. The second kappa shape index (κ2) is 6.90. The summed E-state index contributed by atoms with van der Waals surface area (Å²) in [7, 11) is 0. The van der Waals surface area contributed by atoms with Gasteiger partial charge in [0, 0.05) is 9.75 Å². The molecule has 1 unspecified atom stereocenters. The standard InChI is InChI=1S/C12H16N2O5S/c1-7-3-4-9(20-7)8(2)13-12(19)14(5-10(15)16)6-11(17)18/h3-4,8H,5-6H2,1-2H3,(H,13,19)(H,15,16)(H,17,18). The van der Waals surface area contributed by atoms with Crippen LogP contribution in [0, 0.1) is 6.92 Å². The van der Waals surface area contributed by atoms with Gasteiger partial charge < -0.3 is 20.4 Å². The minimum atomic E-state index is -1.26. The highest BCUT2D eigenvalue weighted by atomic mass is 32.1. The molecule has 1 rings (SSSR count). The molecule has 20 heavy (non-hydrogen) atoms. The third-order valence-corrected chi connectivity index (χ3v) is 3.65. The fourth-order valence-electron chi connectivity index (χ4n) is 1.56. The van der Waals surface area contributed by atoms with E-state index in [4.69, 9.17) is 10.2 Å². The Morgan fingerprint density at radius 3 is 2.20 bits per heavy atom. The highest BCUT2D eigenvalue weighted by Crippen LogP contribution is 2.22. The summed E-state index contributed by atoms with van der Waals surface area (Å²) < 4.78 is 0. The van der Waals surface area contributed by atoms with Crippen molar-refractivity contribution < 1.29 is 24.6 Å². The lowest BCUT2D eigenvalue weighted by atomic mass is 10.3. The number of hydrogen-bond acceptors (Lipinski definition) is 4. The molecule has 1 aromatic rings. The molecule has 2 amide bonds. The van der Waals surface area contributed by atoms with Crippen molar-refractivity contribution in [2.24, 2.45) is 0 Å². The number of rotatable bonds is 6. The number of aliphatic carboxylic acids is 2. The summed E-state index contributed by atoms with van der Waals surface area (Å²) in [6.45, 7) is 2.37. The molecular weight excluding hydrogens is 284 g/mol. The van der Waals surface area contributed by atoms with Crippen LogP contribution < -0.4 is 5.32 Å². The van der Waals surface area contributed by atoms with Gasteiger partial charge in [-0.3, -0.25) is 9.59 Å². The van der Waals surface area contributed by atoms with Crippen LogP contribution in [0.1, 0.15) is 22.7 Å². The molecule has 1 aromatic heterocycles. The summed E-state index contributed by atoms with van der Waals surface area (Å²) in [5.41, 5.74) is 0. The van der Waals surface area contributed by atoms with Crippen LogP contribution in [-0.4, -0.2) is 46.2 Å². The first-order valence-electron chi connectivity index (χ1n) is 5.85. The Balaban J connectivity index is 2.69. The largest absolute Gasteiger partial charge is 0.480 e. The third kappa shape index (κ3) is 4.88. The smallest absolute Gasteiger partial charge is 0.323 e. The number of carboxylic acid groups (broad SMARTS) is 2. The second-order valence-electron chi connectivity index (χ2n) is 4.26. The van der Waals surface area contributed by atoms with E-state index in [-0.39, 0.29) is 6.04 Å². The SMILES string of the molecule is Cc1ccc(C(C)NC(=O)N(CC(=O)O)CC(=O)O)s1. The van der Waals surface area contributed by atoms with Crippen molar-refractivity contribution in [1.29, 1.82) is 0 Å². The fourth-order valence-corrected chi connectivity index (χ4v) is 2.44. The zero-order chi connectivity index (χ0) is 15.3. The number of thiophene rings is 1. The van der Waals surface area contributed by atoms with Crippen LogP contribution in [0.2, 0.25) is 0 Å². The van der Waals surface area contributed by atoms with Gasteiger partial charge in [0.1, 0.15) is 13.1 Å². The average molecular weight is 300 g/mol. The number of hydrogen-bond donors (Lipinski definition) is 3. The first kappa shape index (κ1) is 16.0. The highest BCUT2D eigenvalue weighted by Gasteiger charge is 2.21. The van der Waals surface area contributed by atoms with Crippen LogP contribution >= 0.6 is 11.3 Å². The molecule has 1 heterocycles. The molecule has 0 aliphatic carbocycles. The lowest BCUT2D eigenvalue weighted by Gasteiger charge is -2.21. The number of aryl methyl sites for hydroxylation is 1. The van der Waals surface area contributed by atoms with Crippen LogP contribution in [0.4, 0.5) is 4.79 Å². The normalized spacial score (nSPS) is 11.7. The van der Waals surface area contributed by atoms with E-state index in [1.807, 2.05) is 19.1 Å². The second-order valence-corrected chi connectivity index (χ2v) is 5.58. The number of nitrogens with zero attached hydrogens (tertiary/aromatic N) is 1. The molecule has 0 bridgehead atoms. The Bertz CT molecular complexity index is 498. The highest BCUT2D eigenvalue weighted by molar-refractivity contribution is 7.12. The molecule has 1 atom stereocenters. The predicted molar refractivity (Wildman–Crippen MR) is 72.8 cm³/mol. The van der Waals surface area contributed by atoms with E-state index in [2.05, 4.69) is 5.32 Å². The quantitative estimate of drug-likeness (QED) is 0.734. The maximum absolute atomic E-state index is 11.9. The predicted octanol–water partition coefficient (Wildman–Crippen LogP) is 1.30. The van der Waals surface area contributed by atoms with Gasteiger partial charge in [0.25, 0.3) is 0 Å². The van der Waals surface area contributed by atoms with Crippen molar-refractivity contribution in [3.8, 4) is 0 Å². The summed E-state index contributed by atoms with van der Waals surface area (Å²) in [4.78, 5) is 35.9. The minimum absolute atomic E-state index is 0.314. The Hall–Kier alpha value is -2.09. The maximum Gasteiger partial charge on any atom is 0.323 e. The van der Waals surface area contributed by atoms with Gasteiger partial charge in [-0.25, -0.2) is 4.79 Å². The zero-order valence-electron chi connectivity index (χ0n) is 11.1. The fraction of sp³-hybridized carbons (Fsp3) is 0.417. The van der Waals surface area contributed by atoms with Gasteiger partial charge >= 0.3 is 18.0 Å². The van der Waals surface area contributed by atoms with Crippen molar-refractivity contribution >= 4 is 29.3 Å². The first-order chi connectivity index (χ1) is 9.29. The van der Waals surface area contributed by atoms with Crippen molar-refractivity contribution in [3.05, 3.63) is 21.9 Å². The summed E-state index contributed by atoms with van der Waals surface area (Å²) in [5, 5.41) is 20.0. The van der Waals surface area contributed by atoms with Crippen molar-refractivity contribution in [2.75, 3.05) is 13.1 Å². The van der Waals surface area contributed by atoms with E-state index in [9.17, 15) is 14.4 Å². The van der Waals surface area contributed by atoms with Gasteiger partial charge in [-0.2, -0.15) is 0 Å². The Morgan fingerprint density at radius 1 is 1.25 bits per heavy atom. The molecule has 0 aliphatic heterocycles. The summed E-state index contributed by atoms with van der Waals surface area (Å²) in [6, 6.07) is 2.75. The van der Waals surface area contributed by atoms with Crippen LogP contribution in [-0.2, 0) is 9.59 Å². The molecule has 0 fully saturated rings. The van der Waals surface area contributed by atoms with E-state index in [1.165, 1.54) is 11.3 Å². The average Bonchev–Trinajstić information content (AvgIpc) is 2.73. The number of urea groups is 1. The van der Waals surface area contributed by atoms with Crippen LogP contribution in [0.3, 0.4) is 0 Å². The number of carbonyl (C=O) groups excluding carboxylic acids is 1. The first-order valence-corrected chi connectivity index (χ1v) is 6.66. The monoisotopic (exact) mass is 300 g/mol. The summed E-state index contributed by atoms with van der Waals surface area (Å²) in [6.07, 6.45) is 0. The lowest BCUT2D eigenvalue weighted by molar-refractivity contribution is -0.140. The third-order valence-electron chi connectivity index (χ3n) is 2.47. The van der Waals surface area contributed by atoms with Crippen molar-refractivity contribution in [2.45, 2.75) is 19.9 Å². The molecule has 0 radical (unpaired) electrons. The molecule has 7 nitrogen and oxygen atoms in total. The number of carboxylic acids is 2. The van der Waals surface area contributed by atoms with E-state index in [1.54, 1.807) is 6.92 Å². The Labute approximate surface area is 119 Å². The number of nitrogens with one attached hydrogen (secondary N) is 1. The summed E-state index contributed by atoms with van der Waals surface area (Å²) in [5.74, 6) is -2.53. The maximum atomic E-state index is 11.9. The van der Waals surface area contributed by atoms with Crippen LogP contribution in [0.5, 0.6) is 0 Å². The minimum Gasteiger partial charge on any atom is -0.480 e. The van der Waals surface area contributed by atoms with Crippen LogP contribution in [0.25, 0.3) is 0 Å². The molecule has 110 valence electrons. The molecular formula is C12H16N2O5S. The molecule has 0 spiro atoms. The topological polar surface area (TPSA) is 107 Å². The summed E-state index contributed by atoms with van der Waals surface area (Å²) >= 11 is 1.51. The molecule has 0 aliphatic rings. The number of carbonyl (C=O) groups is 3. The van der Waals surface area contributed by atoms with Crippen molar-refractivity contribution in [1.82, 2.24) is 10.2 Å². The molecule has 0 saturated carbocycles. The Kier molecular flexibility index (Phi) is 5.51. The van der Waals surface area contributed by atoms with Gasteiger partial charge in [-0.1, -0.05) is 0 Å². The Morgan fingerprint density at radius 2 is 1.80 bits per heavy atom. The molecule has 0 saturated heterocycles. The molecule has 0 aromatic carbocycles. The van der Waals surface area contributed by atoms with E-state index in [0.717, 1.165) is 14.7 Å². The molecule has 3 N–H and O–H groups in total.